The number of pyridine rings is 1. The summed E-state index contributed by atoms with van der Waals surface area (Å²) < 4.78 is 2.02. The number of amides is 1. The second kappa shape index (κ2) is 10.9. The van der Waals surface area contributed by atoms with Crippen LogP contribution in [-0.2, 0) is 11.3 Å². The molecule has 0 atom stereocenters. The molecule has 2 aliphatic rings. The maximum atomic E-state index is 13.5. The summed E-state index contributed by atoms with van der Waals surface area (Å²) in [5.74, 6) is 1.44. The van der Waals surface area contributed by atoms with Crippen molar-refractivity contribution in [2.45, 2.75) is 88.0 Å². The Morgan fingerprint density at radius 3 is 2.35 bits per heavy atom. The first kappa shape index (κ1) is 22.1. The summed E-state index contributed by atoms with van der Waals surface area (Å²) in [7, 11) is 0. The lowest BCUT2D eigenvalue weighted by molar-refractivity contribution is -0.135. The molecule has 166 valence electrons. The maximum Gasteiger partial charge on any atom is 0.233 e. The molecule has 2 aromatic heterocycles. The number of allylic oxidation sites excluding steroid dienone is 1. The summed E-state index contributed by atoms with van der Waals surface area (Å²) >= 11 is 1.50. The van der Waals surface area contributed by atoms with E-state index in [-0.39, 0.29) is 5.91 Å². The molecule has 0 aromatic carbocycles. The highest BCUT2D eigenvalue weighted by Crippen LogP contribution is 2.32. The van der Waals surface area contributed by atoms with Crippen molar-refractivity contribution in [3.8, 4) is 11.4 Å². The molecule has 2 saturated carbocycles. The Hall–Kier alpha value is -2.15. The Kier molecular flexibility index (Phi) is 7.78. The maximum absolute atomic E-state index is 13.5. The number of hydrogen-bond acceptors (Lipinski definition) is 5. The first-order valence-electron chi connectivity index (χ1n) is 11.7. The lowest BCUT2D eigenvalue weighted by Gasteiger charge is -2.41. The number of nitrogens with zero attached hydrogens (tertiary/aromatic N) is 5. The Morgan fingerprint density at radius 1 is 1.10 bits per heavy atom. The van der Waals surface area contributed by atoms with Crippen LogP contribution in [0, 0.1) is 0 Å². The van der Waals surface area contributed by atoms with Crippen molar-refractivity contribution >= 4 is 17.7 Å². The predicted molar refractivity (Wildman–Crippen MR) is 125 cm³/mol. The van der Waals surface area contributed by atoms with Crippen LogP contribution in [0.1, 0.15) is 64.2 Å². The first-order valence-corrected chi connectivity index (χ1v) is 12.6. The van der Waals surface area contributed by atoms with Crippen molar-refractivity contribution in [3.05, 3.63) is 37.2 Å². The minimum atomic E-state index is 0.264. The van der Waals surface area contributed by atoms with Gasteiger partial charge in [-0.2, -0.15) is 0 Å². The molecule has 6 nitrogen and oxygen atoms in total. The summed E-state index contributed by atoms with van der Waals surface area (Å²) in [6, 6.07) is 4.71. The van der Waals surface area contributed by atoms with Gasteiger partial charge in [-0.05, 0) is 37.8 Å². The summed E-state index contributed by atoms with van der Waals surface area (Å²) in [4.78, 5) is 20.0. The molecule has 7 heteroatoms. The van der Waals surface area contributed by atoms with Gasteiger partial charge in [0.05, 0.1) is 5.75 Å². The average Bonchev–Trinajstić information content (AvgIpc) is 3.23. The van der Waals surface area contributed by atoms with Gasteiger partial charge in [-0.25, -0.2) is 0 Å². The second-order valence-electron chi connectivity index (χ2n) is 8.62. The molecule has 0 spiro atoms. The van der Waals surface area contributed by atoms with E-state index in [2.05, 4.69) is 26.7 Å². The van der Waals surface area contributed by atoms with Crippen LogP contribution in [0.25, 0.3) is 11.4 Å². The molecular formula is C24H33N5OS. The Labute approximate surface area is 189 Å². The van der Waals surface area contributed by atoms with Crippen LogP contribution in [0.3, 0.4) is 0 Å². The molecule has 0 radical (unpaired) electrons. The first-order chi connectivity index (χ1) is 15.3. The molecule has 0 saturated heterocycles. The van der Waals surface area contributed by atoms with Crippen LogP contribution in [0.15, 0.2) is 42.3 Å². The number of thioether (sulfide) groups is 1. The van der Waals surface area contributed by atoms with E-state index in [9.17, 15) is 4.79 Å². The highest BCUT2D eigenvalue weighted by atomic mass is 32.2. The number of carbonyl (C=O) groups excluding carboxylic acids is 1. The number of aromatic nitrogens is 4. The fraction of sp³-hybridized carbons (Fsp3) is 0.583. The lowest BCUT2D eigenvalue weighted by atomic mass is 9.88. The third-order valence-electron chi connectivity index (χ3n) is 6.50. The normalized spacial score (nSPS) is 18.1. The second-order valence-corrected chi connectivity index (χ2v) is 9.56. The van der Waals surface area contributed by atoms with Crippen LogP contribution >= 0.6 is 11.8 Å². The van der Waals surface area contributed by atoms with Crippen LogP contribution in [0.4, 0.5) is 0 Å². The van der Waals surface area contributed by atoms with E-state index in [1.54, 1.807) is 12.4 Å². The monoisotopic (exact) mass is 439 g/mol. The summed E-state index contributed by atoms with van der Waals surface area (Å²) in [6.45, 7) is 4.48. The largest absolute Gasteiger partial charge is 0.336 e. The fourth-order valence-electron chi connectivity index (χ4n) is 5.02. The minimum Gasteiger partial charge on any atom is -0.336 e. The lowest BCUT2D eigenvalue weighted by Crippen LogP contribution is -2.49. The van der Waals surface area contributed by atoms with Crippen molar-refractivity contribution < 1.29 is 4.79 Å². The SMILES string of the molecule is C=CCn1c(SCC(=O)N(C2CCCCC2)C2CCCCC2)nnc1-c1cccnc1. The third-order valence-corrected chi connectivity index (χ3v) is 7.45. The van der Waals surface area contributed by atoms with Gasteiger partial charge in [0.15, 0.2) is 11.0 Å². The number of hydrogen-bond donors (Lipinski definition) is 0. The highest BCUT2D eigenvalue weighted by molar-refractivity contribution is 7.99. The van der Waals surface area contributed by atoms with Crippen LogP contribution < -0.4 is 0 Å². The Balaban J connectivity index is 1.49. The van der Waals surface area contributed by atoms with Gasteiger partial charge < -0.3 is 4.90 Å². The van der Waals surface area contributed by atoms with E-state index >= 15 is 0 Å². The Morgan fingerprint density at radius 2 is 1.77 bits per heavy atom. The zero-order valence-corrected chi connectivity index (χ0v) is 19.1. The summed E-state index contributed by atoms with van der Waals surface area (Å²) in [6.07, 6.45) is 17.6. The quantitative estimate of drug-likeness (QED) is 0.422. The molecule has 0 unspecified atom stereocenters. The van der Waals surface area contributed by atoms with Gasteiger partial charge in [-0.1, -0.05) is 56.4 Å². The smallest absolute Gasteiger partial charge is 0.233 e. The standard InChI is InChI=1S/C24H33N5OS/c1-2-16-28-23(19-10-9-15-25-17-19)26-27-24(28)31-18-22(30)29(20-11-5-3-6-12-20)21-13-7-4-8-14-21/h2,9-10,15,17,20-21H,1,3-8,11-14,16,18H2. The van der Waals surface area contributed by atoms with E-state index in [4.69, 9.17) is 0 Å². The van der Waals surface area contributed by atoms with Crippen molar-refractivity contribution in [2.75, 3.05) is 5.75 Å². The zero-order chi connectivity index (χ0) is 21.5. The van der Waals surface area contributed by atoms with E-state index in [0.29, 0.717) is 24.4 Å². The molecule has 4 rings (SSSR count). The molecule has 2 heterocycles. The van der Waals surface area contributed by atoms with Gasteiger partial charge in [0.25, 0.3) is 0 Å². The fourth-order valence-corrected chi connectivity index (χ4v) is 5.84. The van der Waals surface area contributed by atoms with Gasteiger partial charge >= 0.3 is 0 Å². The van der Waals surface area contributed by atoms with Crippen molar-refractivity contribution in [3.63, 3.8) is 0 Å². The topological polar surface area (TPSA) is 63.9 Å². The zero-order valence-electron chi connectivity index (χ0n) is 18.3. The average molecular weight is 440 g/mol. The molecule has 31 heavy (non-hydrogen) atoms. The van der Waals surface area contributed by atoms with Crippen molar-refractivity contribution in [2.24, 2.45) is 0 Å². The van der Waals surface area contributed by atoms with E-state index in [0.717, 1.165) is 42.2 Å². The molecule has 0 N–H and O–H groups in total. The molecule has 2 fully saturated rings. The van der Waals surface area contributed by atoms with Gasteiger partial charge in [0.1, 0.15) is 0 Å². The third kappa shape index (κ3) is 5.37. The van der Waals surface area contributed by atoms with Gasteiger partial charge in [-0.15, -0.1) is 16.8 Å². The molecular weight excluding hydrogens is 406 g/mol. The molecule has 2 aromatic rings. The summed E-state index contributed by atoms with van der Waals surface area (Å²) in [5, 5.41) is 9.55. The predicted octanol–water partition coefficient (Wildman–Crippen LogP) is 5.11. The van der Waals surface area contributed by atoms with E-state index in [1.807, 2.05) is 22.8 Å². The van der Waals surface area contributed by atoms with Gasteiger partial charge in [0, 0.05) is 36.6 Å². The van der Waals surface area contributed by atoms with Crippen molar-refractivity contribution in [1.29, 1.82) is 0 Å². The molecule has 0 bridgehead atoms. The summed E-state index contributed by atoms with van der Waals surface area (Å²) in [5.41, 5.74) is 0.918. The van der Waals surface area contributed by atoms with E-state index in [1.165, 1.54) is 50.3 Å². The minimum absolute atomic E-state index is 0.264. The van der Waals surface area contributed by atoms with Crippen LogP contribution in [-0.4, -0.2) is 48.4 Å². The number of rotatable bonds is 8. The van der Waals surface area contributed by atoms with Gasteiger partial charge in [0.2, 0.25) is 5.91 Å². The number of carbonyl (C=O) groups is 1. The molecule has 1 amide bonds. The molecule has 0 aliphatic heterocycles. The van der Waals surface area contributed by atoms with E-state index < -0.39 is 0 Å². The van der Waals surface area contributed by atoms with Gasteiger partial charge in [-0.3, -0.25) is 14.3 Å². The van der Waals surface area contributed by atoms with Crippen molar-refractivity contribution in [1.82, 2.24) is 24.6 Å². The van der Waals surface area contributed by atoms with Crippen LogP contribution in [0.5, 0.6) is 0 Å². The highest BCUT2D eigenvalue weighted by Gasteiger charge is 2.32. The molecule has 2 aliphatic carbocycles. The Bertz CT molecular complexity index is 838. The van der Waals surface area contributed by atoms with Crippen LogP contribution in [0.2, 0.25) is 0 Å².